The Bertz CT molecular complexity index is 638. The van der Waals surface area contributed by atoms with Crippen molar-refractivity contribution in [2.45, 2.75) is 13.8 Å². The van der Waals surface area contributed by atoms with Crippen LogP contribution in [0.4, 0.5) is 0 Å². The molecule has 0 atom stereocenters. The predicted molar refractivity (Wildman–Crippen MR) is 75.1 cm³/mol. The first kappa shape index (κ1) is 13.6. The van der Waals surface area contributed by atoms with Crippen LogP contribution in [0.3, 0.4) is 0 Å². The highest BCUT2D eigenvalue weighted by Crippen LogP contribution is 2.26. The Morgan fingerprint density at radius 2 is 1.89 bits per heavy atom. The van der Waals surface area contributed by atoms with E-state index in [0.29, 0.717) is 27.6 Å². The van der Waals surface area contributed by atoms with Crippen LogP contribution in [0.5, 0.6) is 5.75 Å². The fraction of sp³-hybridized carbons (Fsp3) is 0.200. The van der Waals surface area contributed by atoms with Gasteiger partial charge < -0.3 is 4.74 Å². The van der Waals surface area contributed by atoms with Gasteiger partial charge in [0.2, 0.25) is 0 Å². The van der Waals surface area contributed by atoms with Gasteiger partial charge >= 0.3 is 0 Å². The standard InChI is InChI=1S/C15H14ClNO2/c1-9-4-6-12(10(2)17-9)15(18)13-8-11(16)5-7-14(13)19-3/h4-8H,1-3H3. The van der Waals surface area contributed by atoms with E-state index in [1.165, 1.54) is 7.11 Å². The first-order chi connectivity index (χ1) is 9.02. The number of aromatic nitrogens is 1. The molecule has 0 N–H and O–H groups in total. The monoisotopic (exact) mass is 275 g/mol. The molecule has 0 spiro atoms. The second kappa shape index (κ2) is 5.41. The fourth-order valence-electron chi connectivity index (χ4n) is 1.93. The van der Waals surface area contributed by atoms with Crippen LogP contribution in [0, 0.1) is 13.8 Å². The Morgan fingerprint density at radius 1 is 1.16 bits per heavy atom. The molecule has 1 aromatic carbocycles. The van der Waals surface area contributed by atoms with Crippen LogP contribution in [0.25, 0.3) is 0 Å². The fourth-order valence-corrected chi connectivity index (χ4v) is 2.10. The van der Waals surface area contributed by atoms with E-state index < -0.39 is 0 Å². The van der Waals surface area contributed by atoms with Gasteiger partial charge in [-0.3, -0.25) is 9.78 Å². The van der Waals surface area contributed by atoms with E-state index in [2.05, 4.69) is 4.98 Å². The van der Waals surface area contributed by atoms with Crippen LogP contribution >= 0.6 is 11.6 Å². The number of ether oxygens (including phenoxy) is 1. The lowest BCUT2D eigenvalue weighted by molar-refractivity contribution is 0.103. The second-order valence-electron chi connectivity index (χ2n) is 4.26. The molecule has 1 heterocycles. The summed E-state index contributed by atoms with van der Waals surface area (Å²) < 4.78 is 5.21. The third kappa shape index (κ3) is 2.76. The molecule has 0 aliphatic rings. The predicted octanol–water partition coefficient (Wildman–Crippen LogP) is 3.59. The van der Waals surface area contributed by atoms with Crippen molar-refractivity contribution in [2.75, 3.05) is 7.11 Å². The van der Waals surface area contributed by atoms with Gasteiger partial charge in [0.25, 0.3) is 0 Å². The van der Waals surface area contributed by atoms with Crippen molar-refractivity contribution in [3.05, 3.63) is 57.9 Å². The zero-order valence-electron chi connectivity index (χ0n) is 11.0. The zero-order chi connectivity index (χ0) is 14.0. The van der Waals surface area contributed by atoms with E-state index in [4.69, 9.17) is 16.3 Å². The van der Waals surface area contributed by atoms with Crippen LogP contribution in [-0.2, 0) is 0 Å². The topological polar surface area (TPSA) is 39.2 Å². The summed E-state index contributed by atoms with van der Waals surface area (Å²) in [5.74, 6) is 0.374. The molecule has 2 aromatic rings. The lowest BCUT2D eigenvalue weighted by Crippen LogP contribution is -2.07. The van der Waals surface area contributed by atoms with E-state index in [1.54, 1.807) is 24.3 Å². The second-order valence-corrected chi connectivity index (χ2v) is 4.70. The van der Waals surface area contributed by atoms with Crippen molar-refractivity contribution < 1.29 is 9.53 Å². The highest BCUT2D eigenvalue weighted by molar-refractivity contribution is 6.31. The number of benzene rings is 1. The molecule has 0 aliphatic heterocycles. The van der Waals surface area contributed by atoms with Crippen LogP contribution in [0.1, 0.15) is 27.3 Å². The van der Waals surface area contributed by atoms with Gasteiger partial charge in [-0.1, -0.05) is 11.6 Å². The van der Waals surface area contributed by atoms with Crippen molar-refractivity contribution >= 4 is 17.4 Å². The number of rotatable bonds is 3. The number of carbonyl (C=O) groups excluding carboxylic acids is 1. The van der Waals surface area contributed by atoms with E-state index in [0.717, 1.165) is 5.69 Å². The quantitative estimate of drug-likeness (QED) is 0.804. The molecule has 98 valence electrons. The molecule has 0 bridgehead atoms. The number of aryl methyl sites for hydroxylation is 2. The number of pyridine rings is 1. The van der Waals surface area contributed by atoms with Gasteiger partial charge in [-0.25, -0.2) is 0 Å². The SMILES string of the molecule is COc1ccc(Cl)cc1C(=O)c1ccc(C)nc1C. The molecule has 4 heteroatoms. The maximum absolute atomic E-state index is 12.5. The first-order valence-electron chi connectivity index (χ1n) is 5.85. The summed E-state index contributed by atoms with van der Waals surface area (Å²) in [5, 5.41) is 0.502. The summed E-state index contributed by atoms with van der Waals surface area (Å²) in [6, 6.07) is 8.59. The Labute approximate surface area is 117 Å². The van der Waals surface area contributed by atoms with Crippen LogP contribution < -0.4 is 4.74 Å². The average molecular weight is 276 g/mol. The molecule has 1 aromatic heterocycles. The molecule has 19 heavy (non-hydrogen) atoms. The van der Waals surface area contributed by atoms with E-state index in [-0.39, 0.29) is 5.78 Å². The number of halogens is 1. The number of carbonyl (C=O) groups is 1. The molecule has 0 saturated heterocycles. The number of hydrogen-bond acceptors (Lipinski definition) is 3. The highest BCUT2D eigenvalue weighted by atomic mass is 35.5. The van der Waals surface area contributed by atoms with Crippen molar-refractivity contribution in [3.8, 4) is 5.75 Å². The zero-order valence-corrected chi connectivity index (χ0v) is 11.8. The molecule has 2 rings (SSSR count). The molecular formula is C15H14ClNO2. The summed E-state index contributed by atoms with van der Waals surface area (Å²) >= 11 is 5.95. The number of methoxy groups -OCH3 is 1. The van der Waals surface area contributed by atoms with Gasteiger partial charge in [-0.05, 0) is 44.2 Å². The normalized spacial score (nSPS) is 10.3. The Hall–Kier alpha value is -1.87. The molecule has 0 fully saturated rings. The molecule has 0 amide bonds. The Kier molecular flexibility index (Phi) is 3.86. The summed E-state index contributed by atoms with van der Waals surface area (Å²) in [7, 11) is 1.53. The summed E-state index contributed by atoms with van der Waals surface area (Å²) in [6.07, 6.45) is 0. The van der Waals surface area contributed by atoms with E-state index in [9.17, 15) is 4.79 Å². The van der Waals surface area contributed by atoms with Gasteiger partial charge in [-0.2, -0.15) is 0 Å². The molecule has 3 nitrogen and oxygen atoms in total. The van der Waals surface area contributed by atoms with Crippen molar-refractivity contribution in [2.24, 2.45) is 0 Å². The van der Waals surface area contributed by atoms with Gasteiger partial charge in [-0.15, -0.1) is 0 Å². The van der Waals surface area contributed by atoms with E-state index >= 15 is 0 Å². The molecular weight excluding hydrogens is 262 g/mol. The highest BCUT2D eigenvalue weighted by Gasteiger charge is 2.17. The van der Waals surface area contributed by atoms with Crippen molar-refractivity contribution in [3.63, 3.8) is 0 Å². The molecule has 0 unspecified atom stereocenters. The van der Waals surface area contributed by atoms with Gasteiger partial charge in [0.05, 0.1) is 12.7 Å². The minimum Gasteiger partial charge on any atom is -0.496 e. The Morgan fingerprint density at radius 3 is 2.53 bits per heavy atom. The molecule has 0 radical (unpaired) electrons. The van der Waals surface area contributed by atoms with Gasteiger partial charge in [0.15, 0.2) is 5.78 Å². The minimum absolute atomic E-state index is 0.135. The van der Waals surface area contributed by atoms with Crippen LogP contribution in [0.15, 0.2) is 30.3 Å². The van der Waals surface area contributed by atoms with Crippen LogP contribution in [-0.4, -0.2) is 17.9 Å². The lowest BCUT2D eigenvalue weighted by atomic mass is 10.0. The maximum atomic E-state index is 12.5. The Balaban J connectivity index is 2.52. The summed E-state index contributed by atoms with van der Waals surface area (Å²) in [4.78, 5) is 16.8. The number of hydrogen-bond donors (Lipinski definition) is 0. The maximum Gasteiger partial charge on any atom is 0.198 e. The number of nitrogens with zero attached hydrogens (tertiary/aromatic N) is 1. The van der Waals surface area contributed by atoms with Crippen molar-refractivity contribution in [1.82, 2.24) is 4.98 Å². The largest absolute Gasteiger partial charge is 0.496 e. The van der Waals surface area contributed by atoms with Gasteiger partial charge in [0.1, 0.15) is 5.75 Å². The first-order valence-corrected chi connectivity index (χ1v) is 6.23. The van der Waals surface area contributed by atoms with Crippen LogP contribution in [0.2, 0.25) is 5.02 Å². The molecule has 0 saturated carbocycles. The summed E-state index contributed by atoms with van der Waals surface area (Å²) in [5.41, 5.74) is 2.59. The third-order valence-electron chi connectivity index (χ3n) is 2.88. The van der Waals surface area contributed by atoms with E-state index in [1.807, 2.05) is 19.9 Å². The smallest absolute Gasteiger partial charge is 0.198 e. The lowest BCUT2D eigenvalue weighted by Gasteiger charge is -2.09. The number of ketones is 1. The average Bonchev–Trinajstić information content (AvgIpc) is 2.38. The van der Waals surface area contributed by atoms with Gasteiger partial charge in [0, 0.05) is 22.0 Å². The summed E-state index contributed by atoms with van der Waals surface area (Å²) in [6.45, 7) is 3.71. The molecule has 0 aliphatic carbocycles. The minimum atomic E-state index is -0.135. The third-order valence-corrected chi connectivity index (χ3v) is 3.11. The van der Waals surface area contributed by atoms with Crippen molar-refractivity contribution in [1.29, 1.82) is 0 Å².